The van der Waals surface area contributed by atoms with Gasteiger partial charge in [0.05, 0.1) is 0 Å². The summed E-state index contributed by atoms with van der Waals surface area (Å²) in [5.74, 6) is 0. The third kappa shape index (κ3) is 4.43. The Morgan fingerprint density at radius 2 is 2.00 bits per heavy atom. The molecule has 0 heterocycles. The van der Waals surface area contributed by atoms with E-state index in [-0.39, 0.29) is 6.61 Å². The van der Waals surface area contributed by atoms with Crippen LogP contribution < -0.4 is 5.32 Å². The molecule has 0 saturated carbocycles. The summed E-state index contributed by atoms with van der Waals surface area (Å²) in [6, 6.07) is 8.06. The van der Waals surface area contributed by atoms with Gasteiger partial charge in [0, 0.05) is 41.1 Å². The van der Waals surface area contributed by atoms with E-state index in [0.717, 1.165) is 17.9 Å². The van der Waals surface area contributed by atoms with E-state index in [1.54, 1.807) is 6.26 Å². The Balaban J connectivity index is 2.46. The fourth-order valence-electron chi connectivity index (χ4n) is 1.39. The highest BCUT2D eigenvalue weighted by Crippen LogP contribution is 2.07. The molecule has 1 aromatic rings. The molecule has 0 aliphatic carbocycles. The van der Waals surface area contributed by atoms with Gasteiger partial charge in [0.1, 0.15) is 0 Å². The maximum Gasteiger partial charge on any atom is 0.0498 e. The number of aliphatic hydroxyl groups is 1. The van der Waals surface area contributed by atoms with Gasteiger partial charge >= 0.3 is 0 Å². The monoisotopic (exact) mass is 241 g/mol. The molecule has 0 fully saturated rings. The van der Waals surface area contributed by atoms with E-state index >= 15 is 0 Å². The molecule has 0 spiro atoms. The third-order valence-electron chi connectivity index (χ3n) is 2.47. The van der Waals surface area contributed by atoms with Crippen molar-refractivity contribution in [1.29, 1.82) is 0 Å². The summed E-state index contributed by atoms with van der Waals surface area (Å²) in [5.41, 5.74) is 1.17. The van der Waals surface area contributed by atoms with E-state index < -0.39 is 10.8 Å². The Morgan fingerprint density at radius 1 is 1.38 bits per heavy atom. The lowest BCUT2D eigenvalue weighted by molar-refractivity contribution is 0.268. The summed E-state index contributed by atoms with van der Waals surface area (Å²) < 4.78 is 11.2. The van der Waals surface area contributed by atoms with Crippen LogP contribution >= 0.6 is 0 Å². The highest BCUT2D eigenvalue weighted by molar-refractivity contribution is 7.84. The first kappa shape index (κ1) is 13.4. The van der Waals surface area contributed by atoms with E-state index in [2.05, 4.69) is 5.32 Å². The van der Waals surface area contributed by atoms with Crippen molar-refractivity contribution in [2.45, 2.75) is 30.8 Å². The fraction of sp³-hybridized carbons (Fsp3) is 0.500. The van der Waals surface area contributed by atoms with Crippen molar-refractivity contribution < 1.29 is 9.32 Å². The van der Waals surface area contributed by atoms with Crippen LogP contribution in [0.4, 0.5) is 0 Å². The molecule has 0 saturated heterocycles. The molecule has 0 radical (unpaired) electrons. The quantitative estimate of drug-likeness (QED) is 0.789. The minimum Gasteiger partial charge on any atom is -0.396 e. The molecule has 1 unspecified atom stereocenters. The van der Waals surface area contributed by atoms with Crippen LogP contribution in [0.3, 0.4) is 0 Å². The Morgan fingerprint density at radius 3 is 2.50 bits per heavy atom. The van der Waals surface area contributed by atoms with E-state index in [4.69, 9.17) is 5.11 Å². The summed E-state index contributed by atoms with van der Waals surface area (Å²) in [6.45, 7) is 3.03. The minimum atomic E-state index is -0.906. The third-order valence-corrected chi connectivity index (χ3v) is 3.41. The van der Waals surface area contributed by atoms with Gasteiger partial charge in [0.15, 0.2) is 0 Å². The highest BCUT2D eigenvalue weighted by Gasteiger charge is 2.01. The Bertz CT molecular complexity index is 337. The zero-order valence-electron chi connectivity index (χ0n) is 9.77. The maximum absolute atomic E-state index is 11.2. The van der Waals surface area contributed by atoms with Crippen molar-refractivity contribution in [3.05, 3.63) is 29.8 Å². The molecule has 0 bridgehead atoms. The predicted molar refractivity (Wildman–Crippen MR) is 66.8 cm³/mol. The second-order valence-corrected chi connectivity index (χ2v) is 5.27. The molecule has 4 heteroatoms. The van der Waals surface area contributed by atoms with Gasteiger partial charge in [0.2, 0.25) is 0 Å². The Hall–Kier alpha value is -0.710. The topological polar surface area (TPSA) is 49.3 Å². The Labute approximate surface area is 99.3 Å². The van der Waals surface area contributed by atoms with Gasteiger partial charge in [-0.2, -0.15) is 0 Å². The summed E-state index contributed by atoms with van der Waals surface area (Å²) >= 11 is 0. The smallest absolute Gasteiger partial charge is 0.0498 e. The van der Waals surface area contributed by atoms with Crippen LogP contribution in [-0.4, -0.2) is 28.2 Å². The highest BCUT2D eigenvalue weighted by atomic mass is 32.2. The molecule has 3 nitrogen and oxygen atoms in total. The van der Waals surface area contributed by atoms with Crippen molar-refractivity contribution in [1.82, 2.24) is 5.32 Å². The second kappa shape index (κ2) is 6.78. The van der Waals surface area contributed by atoms with Crippen LogP contribution in [0.25, 0.3) is 0 Å². The molecule has 0 aromatic heterocycles. The first-order chi connectivity index (χ1) is 7.63. The maximum atomic E-state index is 11.2. The molecule has 90 valence electrons. The summed E-state index contributed by atoms with van der Waals surface area (Å²) in [4.78, 5) is 0.854. The molecule has 2 N–H and O–H groups in total. The number of aliphatic hydroxyl groups excluding tert-OH is 1. The lowest BCUT2D eigenvalue weighted by Crippen LogP contribution is -2.26. The molecule has 0 aliphatic rings. The number of hydrogen-bond acceptors (Lipinski definition) is 3. The van der Waals surface area contributed by atoms with Crippen molar-refractivity contribution in [2.75, 3.05) is 12.9 Å². The van der Waals surface area contributed by atoms with Gasteiger partial charge in [-0.25, -0.2) is 0 Å². The van der Waals surface area contributed by atoms with E-state index in [1.807, 2.05) is 31.2 Å². The standard InChI is InChI=1S/C12H19NO2S/c1-10(7-8-14)13-9-11-3-5-12(6-4-11)16(2)15/h3-6,10,13-14H,7-9H2,1-2H3/t10-,16?/m1/s1. The van der Waals surface area contributed by atoms with Gasteiger partial charge in [-0.1, -0.05) is 12.1 Å². The van der Waals surface area contributed by atoms with Gasteiger partial charge < -0.3 is 10.4 Å². The average molecular weight is 241 g/mol. The van der Waals surface area contributed by atoms with Gasteiger partial charge in [-0.3, -0.25) is 4.21 Å². The summed E-state index contributed by atoms with van der Waals surface area (Å²) in [6.07, 6.45) is 2.44. The zero-order valence-corrected chi connectivity index (χ0v) is 10.6. The van der Waals surface area contributed by atoms with Crippen LogP contribution in [0.1, 0.15) is 18.9 Å². The lowest BCUT2D eigenvalue weighted by atomic mass is 10.2. The van der Waals surface area contributed by atoms with Crippen molar-refractivity contribution >= 4 is 10.8 Å². The van der Waals surface area contributed by atoms with E-state index in [9.17, 15) is 4.21 Å². The summed E-state index contributed by atoms with van der Waals surface area (Å²) in [5, 5.41) is 12.1. The van der Waals surface area contributed by atoms with E-state index in [1.165, 1.54) is 5.56 Å². The van der Waals surface area contributed by atoms with Gasteiger partial charge in [0.25, 0.3) is 0 Å². The van der Waals surface area contributed by atoms with Crippen molar-refractivity contribution in [3.8, 4) is 0 Å². The van der Waals surface area contributed by atoms with Crippen LogP contribution in [0.5, 0.6) is 0 Å². The number of benzene rings is 1. The van der Waals surface area contributed by atoms with Gasteiger partial charge in [-0.05, 0) is 31.0 Å². The minimum absolute atomic E-state index is 0.210. The Kier molecular flexibility index (Phi) is 5.66. The van der Waals surface area contributed by atoms with Crippen molar-refractivity contribution in [2.24, 2.45) is 0 Å². The predicted octanol–water partition coefficient (Wildman–Crippen LogP) is 1.28. The van der Waals surface area contributed by atoms with E-state index in [0.29, 0.717) is 6.04 Å². The number of nitrogens with one attached hydrogen (secondary N) is 1. The second-order valence-electron chi connectivity index (χ2n) is 3.89. The number of hydrogen-bond donors (Lipinski definition) is 2. The zero-order chi connectivity index (χ0) is 12.0. The normalized spacial score (nSPS) is 14.7. The average Bonchev–Trinajstić information content (AvgIpc) is 2.27. The van der Waals surface area contributed by atoms with Crippen LogP contribution in [0, 0.1) is 0 Å². The molecular weight excluding hydrogens is 222 g/mol. The fourth-order valence-corrected chi connectivity index (χ4v) is 1.91. The molecule has 0 amide bonds. The molecule has 1 aromatic carbocycles. The lowest BCUT2D eigenvalue weighted by Gasteiger charge is -2.12. The molecule has 2 atom stereocenters. The van der Waals surface area contributed by atoms with Crippen LogP contribution in [0.2, 0.25) is 0 Å². The SMILES string of the molecule is C[C@H](CCO)NCc1ccc(S(C)=O)cc1. The van der Waals surface area contributed by atoms with Crippen LogP contribution in [0.15, 0.2) is 29.2 Å². The molecule has 0 aliphatic heterocycles. The molecule has 16 heavy (non-hydrogen) atoms. The molecule has 1 rings (SSSR count). The summed E-state index contributed by atoms with van der Waals surface area (Å²) in [7, 11) is -0.906. The van der Waals surface area contributed by atoms with Crippen LogP contribution in [-0.2, 0) is 17.3 Å². The first-order valence-electron chi connectivity index (χ1n) is 5.40. The number of rotatable bonds is 6. The molecular formula is C12H19NO2S. The van der Waals surface area contributed by atoms with Crippen molar-refractivity contribution in [3.63, 3.8) is 0 Å². The van der Waals surface area contributed by atoms with Gasteiger partial charge in [-0.15, -0.1) is 0 Å². The largest absolute Gasteiger partial charge is 0.396 e. The first-order valence-corrected chi connectivity index (χ1v) is 6.96.